The number of aryl methyl sites for hydroxylation is 3. The van der Waals surface area contributed by atoms with Gasteiger partial charge in [0.25, 0.3) is 0 Å². The first-order valence-electron chi connectivity index (χ1n) is 11.3. The molecule has 0 N–H and O–H groups in total. The number of ether oxygens (including phenoxy) is 3. The Balaban J connectivity index is 1.59. The number of pyridine rings is 1. The number of carbonyl (C=O) groups is 1. The van der Waals surface area contributed by atoms with Gasteiger partial charge in [0.1, 0.15) is 17.9 Å². The molecule has 0 aliphatic carbocycles. The molecule has 35 heavy (non-hydrogen) atoms. The van der Waals surface area contributed by atoms with Crippen LogP contribution >= 0.6 is 11.6 Å². The number of rotatable bonds is 8. The summed E-state index contributed by atoms with van der Waals surface area (Å²) >= 11 is 6.64. The van der Waals surface area contributed by atoms with Gasteiger partial charge in [-0.1, -0.05) is 30.7 Å². The molecule has 2 aromatic heterocycles. The van der Waals surface area contributed by atoms with Crippen LogP contribution in [0.1, 0.15) is 45.5 Å². The van der Waals surface area contributed by atoms with Crippen LogP contribution in [-0.4, -0.2) is 34.7 Å². The molecular weight excluding hydrogens is 466 g/mol. The number of methoxy groups -OCH3 is 2. The van der Waals surface area contributed by atoms with Crippen molar-refractivity contribution >= 4 is 28.7 Å². The monoisotopic (exact) mass is 493 g/mol. The zero-order valence-corrected chi connectivity index (χ0v) is 21.3. The fourth-order valence-corrected chi connectivity index (χ4v) is 4.37. The third-order valence-corrected chi connectivity index (χ3v) is 6.09. The minimum atomic E-state index is -0.379. The van der Waals surface area contributed by atoms with Crippen LogP contribution in [0.15, 0.2) is 42.5 Å². The molecule has 0 aliphatic heterocycles. The summed E-state index contributed by atoms with van der Waals surface area (Å²) in [5.74, 6) is 1.59. The summed E-state index contributed by atoms with van der Waals surface area (Å²) in [5.41, 5.74) is 6.17. The normalized spacial score (nSPS) is 11.0. The number of hydrogen-bond acceptors (Lipinski definition) is 6. The van der Waals surface area contributed by atoms with Crippen LogP contribution in [0, 0.1) is 13.8 Å². The van der Waals surface area contributed by atoms with Gasteiger partial charge >= 0.3 is 5.97 Å². The molecule has 0 aliphatic rings. The van der Waals surface area contributed by atoms with E-state index in [2.05, 4.69) is 18.4 Å². The van der Waals surface area contributed by atoms with Crippen molar-refractivity contribution in [2.75, 3.05) is 14.2 Å². The Bertz CT molecular complexity index is 1380. The molecule has 8 heteroatoms. The lowest BCUT2D eigenvalue weighted by Gasteiger charge is -2.15. The number of imidazole rings is 1. The van der Waals surface area contributed by atoms with Crippen LogP contribution in [-0.2, 0) is 24.3 Å². The van der Waals surface area contributed by atoms with E-state index in [1.54, 1.807) is 19.2 Å². The molecule has 0 bridgehead atoms. The molecule has 0 radical (unpaired) electrons. The van der Waals surface area contributed by atoms with E-state index in [0.29, 0.717) is 28.6 Å². The zero-order valence-electron chi connectivity index (χ0n) is 20.5. The number of halogens is 1. The van der Waals surface area contributed by atoms with Crippen LogP contribution in [0.3, 0.4) is 0 Å². The molecule has 0 saturated heterocycles. The fraction of sp³-hybridized carbons (Fsp3) is 0.296. The predicted octanol–water partition coefficient (Wildman–Crippen LogP) is 5.69. The maximum absolute atomic E-state index is 11.6. The number of hydrogen-bond donors (Lipinski definition) is 0. The van der Waals surface area contributed by atoms with Crippen LogP contribution in [0.5, 0.6) is 11.5 Å². The minimum Gasteiger partial charge on any atom is -0.493 e. The van der Waals surface area contributed by atoms with Gasteiger partial charge < -0.3 is 18.8 Å². The van der Waals surface area contributed by atoms with Crippen LogP contribution in [0.2, 0.25) is 5.02 Å². The van der Waals surface area contributed by atoms with Crippen LogP contribution < -0.4 is 9.47 Å². The molecule has 2 aromatic carbocycles. The Morgan fingerprint density at radius 3 is 2.43 bits per heavy atom. The Labute approximate surface area is 209 Å². The van der Waals surface area contributed by atoms with Gasteiger partial charge in [0.05, 0.1) is 31.4 Å². The molecule has 0 atom stereocenters. The smallest absolute Gasteiger partial charge is 0.337 e. The average Bonchev–Trinajstić information content (AvgIpc) is 3.20. The Morgan fingerprint density at radius 2 is 1.77 bits per heavy atom. The highest BCUT2D eigenvalue weighted by Gasteiger charge is 2.17. The third-order valence-electron chi connectivity index (χ3n) is 5.81. The van der Waals surface area contributed by atoms with Gasteiger partial charge in [-0.15, -0.1) is 0 Å². The molecule has 182 valence electrons. The molecule has 7 nitrogen and oxygen atoms in total. The highest BCUT2D eigenvalue weighted by atomic mass is 35.5. The van der Waals surface area contributed by atoms with Crippen molar-refractivity contribution in [2.45, 2.75) is 40.3 Å². The van der Waals surface area contributed by atoms with Crippen molar-refractivity contribution in [2.24, 2.45) is 0 Å². The first-order chi connectivity index (χ1) is 16.8. The molecule has 0 unspecified atom stereocenters. The van der Waals surface area contributed by atoms with Crippen molar-refractivity contribution in [1.82, 2.24) is 14.5 Å². The summed E-state index contributed by atoms with van der Waals surface area (Å²) in [6.45, 7) is 6.96. The molecule has 4 aromatic rings. The van der Waals surface area contributed by atoms with E-state index in [1.165, 1.54) is 7.11 Å². The molecule has 0 fully saturated rings. The molecular formula is C27H28ClN3O4. The first-order valence-corrected chi connectivity index (χ1v) is 11.7. The van der Waals surface area contributed by atoms with Crippen LogP contribution in [0.4, 0.5) is 0 Å². The average molecular weight is 494 g/mol. The van der Waals surface area contributed by atoms with E-state index in [4.69, 9.17) is 35.8 Å². The number of nitrogens with zero attached hydrogens (tertiary/aromatic N) is 3. The molecule has 2 heterocycles. The third kappa shape index (κ3) is 5.10. The van der Waals surface area contributed by atoms with E-state index in [1.807, 2.05) is 37.3 Å². The lowest BCUT2D eigenvalue weighted by atomic mass is 10.1. The van der Waals surface area contributed by atoms with Gasteiger partial charge in [-0.3, -0.25) is 0 Å². The summed E-state index contributed by atoms with van der Waals surface area (Å²) in [5, 5.41) is 0.452. The lowest BCUT2D eigenvalue weighted by Crippen LogP contribution is -2.07. The number of esters is 1. The fourth-order valence-electron chi connectivity index (χ4n) is 4.08. The van der Waals surface area contributed by atoms with E-state index in [0.717, 1.165) is 45.8 Å². The second-order valence-corrected chi connectivity index (χ2v) is 8.71. The summed E-state index contributed by atoms with van der Waals surface area (Å²) in [7, 11) is 2.94. The molecule has 0 amide bonds. The van der Waals surface area contributed by atoms with E-state index >= 15 is 0 Å². The summed E-state index contributed by atoms with van der Waals surface area (Å²) in [6, 6.07) is 12.9. The van der Waals surface area contributed by atoms with Gasteiger partial charge in [0, 0.05) is 12.1 Å². The number of benzene rings is 2. The summed E-state index contributed by atoms with van der Waals surface area (Å²) < 4.78 is 18.5. The largest absolute Gasteiger partial charge is 0.493 e. The van der Waals surface area contributed by atoms with Gasteiger partial charge in [0.15, 0.2) is 17.1 Å². The van der Waals surface area contributed by atoms with Gasteiger partial charge in [-0.2, -0.15) is 0 Å². The summed E-state index contributed by atoms with van der Waals surface area (Å²) in [4.78, 5) is 21.2. The quantitative estimate of drug-likeness (QED) is 0.294. The van der Waals surface area contributed by atoms with E-state index < -0.39 is 0 Å². The molecule has 0 saturated carbocycles. The van der Waals surface area contributed by atoms with E-state index in [-0.39, 0.29) is 12.6 Å². The van der Waals surface area contributed by atoms with Crippen molar-refractivity contribution < 1.29 is 19.0 Å². The Hall–Kier alpha value is -3.58. The maximum Gasteiger partial charge on any atom is 0.337 e. The second kappa shape index (κ2) is 10.4. The topological polar surface area (TPSA) is 75.5 Å². The summed E-state index contributed by atoms with van der Waals surface area (Å²) in [6.07, 6.45) is 0.787. The van der Waals surface area contributed by atoms with Gasteiger partial charge in [-0.05, 0) is 60.9 Å². The Kier molecular flexibility index (Phi) is 7.26. The first kappa shape index (κ1) is 24.5. The van der Waals surface area contributed by atoms with Crippen molar-refractivity contribution in [3.05, 3.63) is 81.3 Å². The standard InChI is InChI=1S/C27H28ClN3O4/c1-6-23-30-24-16(2)11-17(3)29-26(24)31(23)14-19-12-21(28)25(22(13-19)33-4)35-15-18-7-9-20(10-8-18)27(32)34-5/h7-13H,6,14-15H2,1-5H3. The number of carbonyl (C=O) groups excluding carboxylic acids is 1. The van der Waals surface area contributed by atoms with Gasteiger partial charge in [-0.25, -0.2) is 14.8 Å². The highest BCUT2D eigenvalue weighted by molar-refractivity contribution is 6.32. The highest BCUT2D eigenvalue weighted by Crippen LogP contribution is 2.37. The van der Waals surface area contributed by atoms with Gasteiger partial charge in [0.2, 0.25) is 0 Å². The predicted molar refractivity (Wildman–Crippen MR) is 136 cm³/mol. The Morgan fingerprint density at radius 1 is 1.03 bits per heavy atom. The second-order valence-electron chi connectivity index (χ2n) is 8.31. The maximum atomic E-state index is 11.6. The zero-order chi connectivity index (χ0) is 25.1. The number of aromatic nitrogens is 3. The van der Waals surface area contributed by atoms with Crippen LogP contribution in [0.25, 0.3) is 11.2 Å². The minimum absolute atomic E-state index is 0.269. The molecule has 4 rings (SSSR count). The van der Waals surface area contributed by atoms with E-state index in [9.17, 15) is 4.79 Å². The molecule has 0 spiro atoms. The van der Waals surface area contributed by atoms with Crippen molar-refractivity contribution in [3.63, 3.8) is 0 Å². The number of fused-ring (bicyclic) bond motifs is 1. The lowest BCUT2D eigenvalue weighted by molar-refractivity contribution is 0.0600. The SMILES string of the molecule is CCc1nc2c(C)cc(C)nc2n1Cc1cc(Cl)c(OCc2ccc(C(=O)OC)cc2)c(OC)c1. The van der Waals surface area contributed by atoms with Crippen molar-refractivity contribution in [3.8, 4) is 11.5 Å². The van der Waals surface area contributed by atoms with Crippen molar-refractivity contribution in [1.29, 1.82) is 0 Å².